The fourth-order valence-corrected chi connectivity index (χ4v) is 3.53. The summed E-state index contributed by atoms with van der Waals surface area (Å²) in [5.41, 5.74) is 6.93. The first-order valence-corrected chi connectivity index (χ1v) is 8.08. The van der Waals surface area contributed by atoms with E-state index < -0.39 is 0 Å². The minimum Gasteiger partial charge on any atom is -0.338 e. The van der Waals surface area contributed by atoms with Gasteiger partial charge in [-0.05, 0) is 35.7 Å². The molecular formula is C18H20N4O. The second-order valence-electron chi connectivity index (χ2n) is 6.01. The number of nitrogens with two attached hydrogens (primary N) is 1. The number of benzene rings is 2. The summed E-state index contributed by atoms with van der Waals surface area (Å²) in [6.07, 6.45) is 2.35. The SMILES string of the molecule is NCc1nc(CN2CCCC2c2cccc3ccccc23)no1. The molecule has 118 valence electrons. The van der Waals surface area contributed by atoms with Gasteiger partial charge in [-0.1, -0.05) is 47.6 Å². The molecule has 1 saturated heterocycles. The van der Waals surface area contributed by atoms with Crippen LogP contribution in [0.4, 0.5) is 0 Å². The Bertz CT molecular complexity index is 808. The first kappa shape index (κ1) is 14.4. The molecule has 1 unspecified atom stereocenters. The van der Waals surface area contributed by atoms with E-state index in [1.165, 1.54) is 22.8 Å². The van der Waals surface area contributed by atoms with Crippen molar-refractivity contribution in [2.75, 3.05) is 6.54 Å². The third-order valence-corrected chi connectivity index (χ3v) is 4.58. The lowest BCUT2D eigenvalue weighted by atomic mass is 9.97. The van der Waals surface area contributed by atoms with E-state index in [4.69, 9.17) is 10.3 Å². The van der Waals surface area contributed by atoms with Crippen molar-refractivity contribution in [1.82, 2.24) is 15.0 Å². The molecule has 2 heterocycles. The lowest BCUT2D eigenvalue weighted by Gasteiger charge is -2.24. The predicted octanol–water partition coefficient (Wildman–Crippen LogP) is 3.02. The van der Waals surface area contributed by atoms with Gasteiger partial charge in [-0.2, -0.15) is 4.98 Å². The number of aromatic nitrogens is 2. The fraction of sp³-hybridized carbons (Fsp3) is 0.333. The molecule has 1 aliphatic heterocycles. The first-order chi connectivity index (χ1) is 11.3. The van der Waals surface area contributed by atoms with Crippen molar-refractivity contribution in [2.24, 2.45) is 5.73 Å². The average molecular weight is 308 g/mol. The minimum atomic E-state index is 0.291. The zero-order chi connectivity index (χ0) is 15.6. The van der Waals surface area contributed by atoms with Crippen LogP contribution in [0, 0.1) is 0 Å². The number of hydrogen-bond acceptors (Lipinski definition) is 5. The maximum atomic E-state index is 5.54. The topological polar surface area (TPSA) is 68.2 Å². The van der Waals surface area contributed by atoms with E-state index in [0.717, 1.165) is 18.8 Å². The molecule has 4 rings (SSSR count). The van der Waals surface area contributed by atoms with E-state index in [1.54, 1.807) is 0 Å². The summed E-state index contributed by atoms with van der Waals surface area (Å²) >= 11 is 0. The number of nitrogens with zero attached hydrogens (tertiary/aromatic N) is 3. The van der Waals surface area contributed by atoms with Crippen molar-refractivity contribution in [1.29, 1.82) is 0 Å². The van der Waals surface area contributed by atoms with Gasteiger partial charge >= 0.3 is 0 Å². The molecule has 1 aliphatic rings. The smallest absolute Gasteiger partial charge is 0.240 e. The summed E-state index contributed by atoms with van der Waals surface area (Å²) in [4.78, 5) is 6.78. The summed E-state index contributed by atoms with van der Waals surface area (Å²) in [5, 5.41) is 6.66. The molecule has 0 saturated carbocycles. The van der Waals surface area contributed by atoms with Crippen LogP contribution in [-0.2, 0) is 13.1 Å². The monoisotopic (exact) mass is 308 g/mol. The maximum Gasteiger partial charge on any atom is 0.240 e. The Kier molecular flexibility index (Phi) is 3.81. The second-order valence-corrected chi connectivity index (χ2v) is 6.01. The van der Waals surface area contributed by atoms with Gasteiger partial charge in [0.2, 0.25) is 5.89 Å². The molecule has 0 aliphatic carbocycles. The largest absolute Gasteiger partial charge is 0.338 e. The second kappa shape index (κ2) is 6.10. The van der Waals surface area contributed by atoms with Crippen molar-refractivity contribution in [3.8, 4) is 0 Å². The Morgan fingerprint density at radius 1 is 1.17 bits per heavy atom. The van der Waals surface area contributed by atoms with Crippen LogP contribution in [0.1, 0.15) is 36.2 Å². The standard InChI is InChI=1S/C18H20N4O/c19-11-18-20-17(21-23-18)12-22-10-4-9-16(22)15-8-3-6-13-5-1-2-7-14(13)15/h1-3,5-8,16H,4,9-12,19H2. The van der Waals surface area contributed by atoms with Crippen LogP contribution in [0.15, 0.2) is 47.0 Å². The van der Waals surface area contributed by atoms with Crippen molar-refractivity contribution < 1.29 is 4.52 Å². The van der Waals surface area contributed by atoms with Crippen molar-refractivity contribution >= 4 is 10.8 Å². The lowest BCUT2D eigenvalue weighted by molar-refractivity contribution is 0.239. The van der Waals surface area contributed by atoms with E-state index in [2.05, 4.69) is 57.5 Å². The van der Waals surface area contributed by atoms with Gasteiger partial charge in [0.15, 0.2) is 5.82 Å². The highest BCUT2D eigenvalue weighted by Crippen LogP contribution is 2.36. The quantitative estimate of drug-likeness (QED) is 0.802. The summed E-state index contributed by atoms with van der Waals surface area (Å²) < 4.78 is 5.12. The van der Waals surface area contributed by atoms with E-state index in [9.17, 15) is 0 Å². The Morgan fingerprint density at radius 2 is 2.04 bits per heavy atom. The van der Waals surface area contributed by atoms with E-state index in [1.807, 2.05) is 0 Å². The van der Waals surface area contributed by atoms with Gasteiger partial charge in [0.25, 0.3) is 0 Å². The van der Waals surface area contributed by atoms with Crippen molar-refractivity contribution in [2.45, 2.75) is 32.0 Å². The zero-order valence-electron chi connectivity index (χ0n) is 13.0. The van der Waals surface area contributed by atoms with Gasteiger partial charge in [0, 0.05) is 6.04 Å². The highest BCUT2D eigenvalue weighted by molar-refractivity contribution is 5.86. The molecule has 23 heavy (non-hydrogen) atoms. The molecule has 1 atom stereocenters. The van der Waals surface area contributed by atoms with Crippen molar-refractivity contribution in [3.63, 3.8) is 0 Å². The molecule has 5 heteroatoms. The Balaban J connectivity index is 1.64. The van der Waals surface area contributed by atoms with Crippen LogP contribution in [-0.4, -0.2) is 21.6 Å². The fourth-order valence-electron chi connectivity index (χ4n) is 3.53. The lowest BCUT2D eigenvalue weighted by Crippen LogP contribution is -2.23. The molecule has 3 aromatic rings. The Morgan fingerprint density at radius 3 is 2.91 bits per heavy atom. The van der Waals surface area contributed by atoms with Crippen LogP contribution in [0.25, 0.3) is 10.8 Å². The normalized spacial score (nSPS) is 18.7. The van der Waals surface area contributed by atoms with E-state index in [0.29, 0.717) is 25.0 Å². The van der Waals surface area contributed by atoms with Gasteiger partial charge in [-0.3, -0.25) is 4.90 Å². The van der Waals surface area contributed by atoms with Gasteiger partial charge < -0.3 is 10.3 Å². The predicted molar refractivity (Wildman–Crippen MR) is 88.5 cm³/mol. The molecule has 2 N–H and O–H groups in total. The molecule has 5 nitrogen and oxygen atoms in total. The highest BCUT2D eigenvalue weighted by atomic mass is 16.5. The first-order valence-electron chi connectivity index (χ1n) is 8.08. The zero-order valence-corrected chi connectivity index (χ0v) is 13.0. The highest BCUT2D eigenvalue weighted by Gasteiger charge is 2.28. The molecule has 2 aromatic carbocycles. The van der Waals surface area contributed by atoms with Gasteiger partial charge in [0.1, 0.15) is 0 Å². The maximum absolute atomic E-state index is 5.54. The minimum absolute atomic E-state index is 0.291. The summed E-state index contributed by atoms with van der Waals surface area (Å²) in [6, 6.07) is 15.5. The summed E-state index contributed by atoms with van der Waals surface area (Å²) in [5.74, 6) is 1.22. The van der Waals surface area contributed by atoms with Crippen LogP contribution in [0.2, 0.25) is 0 Å². The third-order valence-electron chi connectivity index (χ3n) is 4.58. The molecule has 0 spiro atoms. The average Bonchev–Trinajstić information content (AvgIpc) is 3.24. The van der Waals surface area contributed by atoms with Gasteiger partial charge in [-0.15, -0.1) is 0 Å². The molecule has 0 radical (unpaired) electrons. The molecular weight excluding hydrogens is 288 g/mol. The van der Waals surface area contributed by atoms with Crippen LogP contribution in [0.3, 0.4) is 0 Å². The van der Waals surface area contributed by atoms with Crippen LogP contribution < -0.4 is 5.73 Å². The third kappa shape index (κ3) is 2.73. The van der Waals surface area contributed by atoms with E-state index in [-0.39, 0.29) is 0 Å². The summed E-state index contributed by atoms with van der Waals surface area (Å²) in [7, 11) is 0. The van der Waals surface area contributed by atoms with Crippen LogP contribution >= 0.6 is 0 Å². The van der Waals surface area contributed by atoms with Gasteiger partial charge in [0.05, 0.1) is 13.1 Å². The molecule has 1 aromatic heterocycles. The van der Waals surface area contributed by atoms with Crippen LogP contribution in [0.5, 0.6) is 0 Å². The number of rotatable bonds is 4. The van der Waals surface area contributed by atoms with Crippen molar-refractivity contribution in [3.05, 3.63) is 59.7 Å². The number of hydrogen-bond donors (Lipinski definition) is 1. The molecule has 1 fully saturated rings. The van der Waals surface area contributed by atoms with Gasteiger partial charge in [-0.25, -0.2) is 0 Å². The number of likely N-dealkylation sites (tertiary alicyclic amines) is 1. The summed E-state index contributed by atoms with van der Waals surface area (Å²) in [6.45, 7) is 2.05. The molecule has 0 amide bonds. The molecule has 0 bridgehead atoms. The Hall–Kier alpha value is -2.24. The number of fused-ring (bicyclic) bond motifs is 1. The van der Waals surface area contributed by atoms with E-state index >= 15 is 0 Å². The Labute approximate surface area is 135 Å².